The Kier molecular flexibility index (Phi) is 5.55. The van der Waals surface area contributed by atoms with Crippen LogP contribution in [-0.2, 0) is 14.6 Å². The summed E-state index contributed by atoms with van der Waals surface area (Å²) < 4.78 is 27.6. The maximum absolute atomic E-state index is 11.9. The molecule has 0 fully saturated rings. The van der Waals surface area contributed by atoms with Gasteiger partial charge < -0.3 is 16.8 Å². The minimum atomic E-state index is -3.39. The molecule has 0 spiro atoms. The van der Waals surface area contributed by atoms with Crippen LogP contribution in [0.4, 0.5) is 10.8 Å². The second-order valence-electron chi connectivity index (χ2n) is 3.98. The first-order chi connectivity index (χ1) is 8.88. The second-order valence-corrected chi connectivity index (χ2v) is 6.97. The predicted octanol–water partition coefficient (Wildman–Crippen LogP) is 0.586. The molecule has 5 N–H and O–H groups in total. The molecule has 9 heteroatoms. The topological polar surface area (TPSA) is 128 Å². The van der Waals surface area contributed by atoms with E-state index in [1.807, 2.05) is 0 Å². The number of nitrogen functional groups attached to an aromatic ring is 1. The van der Waals surface area contributed by atoms with Gasteiger partial charge in [0, 0.05) is 13.0 Å². The number of primary amides is 1. The fourth-order valence-electron chi connectivity index (χ4n) is 1.48. The minimum Gasteiger partial charge on any atom is -0.382 e. The summed E-state index contributed by atoms with van der Waals surface area (Å²) in [6.07, 6.45) is 1.70. The van der Waals surface area contributed by atoms with E-state index >= 15 is 0 Å². The van der Waals surface area contributed by atoms with Crippen LogP contribution in [0.15, 0.2) is 4.90 Å². The van der Waals surface area contributed by atoms with E-state index in [0.717, 1.165) is 11.5 Å². The van der Waals surface area contributed by atoms with E-state index in [-0.39, 0.29) is 22.4 Å². The third kappa shape index (κ3) is 4.35. The zero-order chi connectivity index (χ0) is 14.5. The van der Waals surface area contributed by atoms with Crippen LogP contribution in [0.1, 0.15) is 26.2 Å². The van der Waals surface area contributed by atoms with Gasteiger partial charge in [0.2, 0.25) is 5.91 Å². The van der Waals surface area contributed by atoms with Crippen molar-refractivity contribution in [2.75, 3.05) is 23.3 Å². The van der Waals surface area contributed by atoms with Crippen LogP contribution in [0.3, 0.4) is 0 Å². The van der Waals surface area contributed by atoms with Crippen molar-refractivity contribution in [1.29, 1.82) is 0 Å². The van der Waals surface area contributed by atoms with Gasteiger partial charge in [-0.1, -0.05) is 6.92 Å². The van der Waals surface area contributed by atoms with Crippen molar-refractivity contribution in [2.24, 2.45) is 5.73 Å². The van der Waals surface area contributed by atoms with Gasteiger partial charge in [0.15, 0.2) is 15.7 Å². The molecule has 0 aromatic carbocycles. The third-order valence-corrected chi connectivity index (χ3v) is 5.24. The average Bonchev–Trinajstić information content (AvgIpc) is 2.70. The Bertz CT molecular complexity index is 539. The van der Waals surface area contributed by atoms with Crippen molar-refractivity contribution in [3.63, 3.8) is 0 Å². The average molecular weight is 306 g/mol. The number of carbonyl (C=O) groups excluding carboxylic acids is 1. The number of amides is 1. The highest BCUT2D eigenvalue weighted by atomic mass is 32.2. The van der Waals surface area contributed by atoms with E-state index in [1.54, 1.807) is 6.92 Å². The summed E-state index contributed by atoms with van der Waals surface area (Å²) in [6.45, 7) is 2.10. The maximum Gasteiger partial charge on any atom is 0.217 e. The zero-order valence-corrected chi connectivity index (χ0v) is 12.3. The van der Waals surface area contributed by atoms with Gasteiger partial charge in [0.25, 0.3) is 0 Å². The second kappa shape index (κ2) is 6.71. The monoisotopic (exact) mass is 306 g/mol. The normalized spacial score (nSPS) is 11.4. The van der Waals surface area contributed by atoms with E-state index in [2.05, 4.69) is 9.69 Å². The van der Waals surface area contributed by atoms with Gasteiger partial charge in [-0.25, -0.2) is 8.42 Å². The van der Waals surface area contributed by atoms with Gasteiger partial charge in [-0.2, -0.15) is 4.37 Å². The van der Waals surface area contributed by atoms with Crippen LogP contribution in [-0.4, -0.2) is 31.0 Å². The van der Waals surface area contributed by atoms with Crippen LogP contribution in [0.25, 0.3) is 0 Å². The molecule has 1 rings (SSSR count). The number of nitrogens with one attached hydrogen (secondary N) is 1. The molecule has 1 heterocycles. The van der Waals surface area contributed by atoms with Crippen LogP contribution in [0.2, 0.25) is 0 Å². The molecule has 0 saturated heterocycles. The molecule has 0 saturated carbocycles. The summed E-state index contributed by atoms with van der Waals surface area (Å²) in [7, 11) is -3.39. The van der Waals surface area contributed by atoms with Crippen molar-refractivity contribution >= 4 is 38.1 Å². The maximum atomic E-state index is 11.9. The van der Waals surface area contributed by atoms with Crippen LogP contribution in [0.5, 0.6) is 0 Å². The fourth-order valence-corrected chi connectivity index (χ4v) is 3.67. The zero-order valence-electron chi connectivity index (χ0n) is 10.7. The number of nitrogens with two attached hydrogens (primary N) is 2. The number of hydrogen-bond acceptors (Lipinski definition) is 7. The highest BCUT2D eigenvalue weighted by Crippen LogP contribution is 2.32. The van der Waals surface area contributed by atoms with Crippen molar-refractivity contribution in [1.82, 2.24) is 4.37 Å². The van der Waals surface area contributed by atoms with Crippen molar-refractivity contribution in [2.45, 2.75) is 31.1 Å². The number of hydrogen-bond donors (Lipinski definition) is 3. The summed E-state index contributed by atoms with van der Waals surface area (Å²) in [4.78, 5) is 10.6. The SMILES string of the molecule is CCS(=O)(=O)c1c(N)nsc1NCCCCC(N)=O. The highest BCUT2D eigenvalue weighted by Gasteiger charge is 2.23. The van der Waals surface area contributed by atoms with Crippen molar-refractivity contribution < 1.29 is 13.2 Å². The molecule has 0 unspecified atom stereocenters. The standard InChI is InChI=1S/C10H18N4O3S2/c1-2-19(16,17)8-9(12)14-18-10(8)13-6-4-3-5-7(11)15/h13H,2-6H2,1H3,(H2,11,15)(H2,12,14). The third-order valence-electron chi connectivity index (χ3n) is 2.50. The molecular formula is C10H18N4O3S2. The number of aromatic nitrogens is 1. The van der Waals surface area contributed by atoms with Gasteiger partial charge in [-0.05, 0) is 24.4 Å². The Hall–Kier alpha value is -1.35. The van der Waals surface area contributed by atoms with E-state index in [9.17, 15) is 13.2 Å². The molecule has 1 aromatic heterocycles. The molecule has 0 aliphatic rings. The van der Waals surface area contributed by atoms with Gasteiger partial charge in [-0.15, -0.1) is 0 Å². The van der Waals surface area contributed by atoms with Gasteiger partial charge in [0.05, 0.1) is 5.75 Å². The number of sulfone groups is 1. The first kappa shape index (κ1) is 15.7. The molecule has 0 atom stereocenters. The summed E-state index contributed by atoms with van der Waals surface area (Å²) in [5.74, 6) is -0.325. The van der Waals surface area contributed by atoms with Gasteiger partial charge in [-0.3, -0.25) is 4.79 Å². The van der Waals surface area contributed by atoms with Crippen molar-refractivity contribution in [3.8, 4) is 0 Å². The Balaban J connectivity index is 2.63. The van der Waals surface area contributed by atoms with Crippen molar-refractivity contribution in [3.05, 3.63) is 0 Å². The number of anilines is 2. The van der Waals surface area contributed by atoms with E-state index in [1.165, 1.54) is 0 Å². The number of nitrogens with zero attached hydrogens (tertiary/aromatic N) is 1. The Morgan fingerprint density at radius 2 is 2.11 bits per heavy atom. The Morgan fingerprint density at radius 3 is 2.68 bits per heavy atom. The molecule has 1 aromatic rings. The molecule has 1 amide bonds. The van der Waals surface area contributed by atoms with Crippen LogP contribution < -0.4 is 16.8 Å². The quantitative estimate of drug-likeness (QED) is 0.603. The number of carbonyl (C=O) groups is 1. The van der Waals surface area contributed by atoms with Crippen LogP contribution in [0, 0.1) is 0 Å². The molecule has 108 valence electrons. The lowest BCUT2D eigenvalue weighted by Crippen LogP contribution is -2.12. The molecule has 0 radical (unpaired) electrons. The predicted molar refractivity (Wildman–Crippen MR) is 75.8 cm³/mol. The molecule has 0 aliphatic carbocycles. The summed E-state index contributed by atoms with van der Waals surface area (Å²) in [5.41, 5.74) is 10.6. The smallest absolute Gasteiger partial charge is 0.217 e. The molecule has 0 aliphatic heterocycles. The minimum absolute atomic E-state index is 0.0219. The van der Waals surface area contributed by atoms with Crippen LogP contribution >= 0.6 is 11.5 Å². The molecule has 0 bridgehead atoms. The Morgan fingerprint density at radius 1 is 1.42 bits per heavy atom. The molecule has 7 nitrogen and oxygen atoms in total. The van der Waals surface area contributed by atoms with E-state index < -0.39 is 9.84 Å². The molecule has 19 heavy (non-hydrogen) atoms. The largest absolute Gasteiger partial charge is 0.382 e. The van der Waals surface area contributed by atoms with Gasteiger partial charge >= 0.3 is 0 Å². The lowest BCUT2D eigenvalue weighted by molar-refractivity contribution is -0.118. The Labute approximate surface area is 116 Å². The number of rotatable bonds is 8. The number of unbranched alkanes of at least 4 members (excludes halogenated alkanes) is 1. The van der Waals surface area contributed by atoms with Gasteiger partial charge in [0.1, 0.15) is 9.90 Å². The molecular weight excluding hydrogens is 288 g/mol. The first-order valence-corrected chi connectivity index (χ1v) is 8.31. The first-order valence-electron chi connectivity index (χ1n) is 5.88. The summed E-state index contributed by atoms with van der Waals surface area (Å²) in [6, 6.07) is 0. The lowest BCUT2D eigenvalue weighted by atomic mass is 10.2. The van der Waals surface area contributed by atoms with E-state index in [0.29, 0.717) is 30.8 Å². The fraction of sp³-hybridized carbons (Fsp3) is 0.600. The summed E-state index contributed by atoms with van der Waals surface area (Å²) in [5, 5.41) is 3.45. The van der Waals surface area contributed by atoms with E-state index in [4.69, 9.17) is 11.5 Å². The summed E-state index contributed by atoms with van der Waals surface area (Å²) >= 11 is 1.03. The lowest BCUT2D eigenvalue weighted by Gasteiger charge is -2.06. The highest BCUT2D eigenvalue weighted by molar-refractivity contribution is 7.91.